The van der Waals surface area contributed by atoms with E-state index in [1.165, 1.54) is 19.2 Å². The smallest absolute Gasteiger partial charge is 0.435 e. The second kappa shape index (κ2) is 11.5. The summed E-state index contributed by atoms with van der Waals surface area (Å²) in [5.74, 6) is -0.836. The maximum atomic E-state index is 14.5. The Labute approximate surface area is 237 Å². The Balaban J connectivity index is 1.99. The Hall–Kier alpha value is -3.50. The number of hydrogen-bond donors (Lipinski definition) is 2. The Kier molecular flexibility index (Phi) is 8.96. The number of hydrogen-bond acceptors (Lipinski definition) is 4. The van der Waals surface area contributed by atoms with Gasteiger partial charge in [0.25, 0.3) is 5.91 Å². The number of benzene rings is 3. The fourth-order valence-corrected chi connectivity index (χ4v) is 4.76. The number of alkyl halides is 7. The minimum Gasteiger partial charge on any atom is -0.494 e. The predicted octanol–water partition coefficient (Wildman–Crippen LogP) is 8.83. The zero-order valence-corrected chi connectivity index (χ0v) is 22.8. The first-order valence-corrected chi connectivity index (χ1v) is 12.4. The second-order valence-electron chi connectivity index (χ2n) is 8.27. The Morgan fingerprint density at radius 2 is 1.68 bits per heavy atom. The molecule has 0 unspecified atom stereocenters. The molecule has 0 radical (unpaired) electrons. The third-order valence-corrected chi connectivity index (χ3v) is 6.73. The van der Waals surface area contributed by atoms with E-state index in [0.717, 1.165) is 5.56 Å². The number of nitrogens with one attached hydrogen (secondary N) is 2. The van der Waals surface area contributed by atoms with Crippen molar-refractivity contribution in [3.05, 3.63) is 80.3 Å². The van der Waals surface area contributed by atoms with Crippen molar-refractivity contribution in [3.63, 3.8) is 0 Å². The van der Waals surface area contributed by atoms with E-state index in [1.807, 2.05) is 13.0 Å². The van der Waals surface area contributed by atoms with Gasteiger partial charge in [0.15, 0.2) is 5.75 Å². The third-order valence-electron chi connectivity index (χ3n) is 5.81. The molecule has 0 aliphatic heterocycles. The van der Waals surface area contributed by atoms with Gasteiger partial charge in [0, 0.05) is 15.7 Å². The summed E-state index contributed by atoms with van der Waals surface area (Å²) < 4.78 is 98.5. The van der Waals surface area contributed by atoms with E-state index in [-0.39, 0.29) is 23.4 Å². The molecule has 2 N–H and O–H groups in total. The van der Waals surface area contributed by atoms with Gasteiger partial charge in [-0.25, -0.2) is 4.39 Å². The lowest BCUT2D eigenvalue weighted by Crippen LogP contribution is -2.50. The van der Waals surface area contributed by atoms with E-state index in [4.69, 9.17) is 21.6 Å². The first-order chi connectivity index (χ1) is 18.6. The summed E-state index contributed by atoms with van der Waals surface area (Å²) in [7, 11) is 1.28. The lowest BCUT2D eigenvalue weighted by Gasteiger charge is -2.30. The van der Waals surface area contributed by atoms with Crippen LogP contribution in [0.25, 0.3) is 0 Å². The normalized spacial score (nSPS) is 12.1. The number of carbonyl (C=O) groups is 1. The fourth-order valence-electron chi connectivity index (χ4n) is 3.82. The molecule has 0 saturated heterocycles. The van der Waals surface area contributed by atoms with Crippen LogP contribution in [0.5, 0.6) is 5.75 Å². The summed E-state index contributed by atoms with van der Waals surface area (Å²) in [5, 5.41) is 13.8. The number of carbonyl (C=O) groups excluding carboxylic acids is 1. The molecule has 0 spiro atoms. The van der Waals surface area contributed by atoms with Gasteiger partial charge in [0.2, 0.25) is 0 Å². The topological polar surface area (TPSA) is 74.2 Å². The summed E-state index contributed by atoms with van der Waals surface area (Å²) in [5.41, 5.74) is -5.78. The molecule has 212 valence electrons. The monoisotopic (exact) mass is 651 g/mol. The number of ether oxygens (including phenoxy) is 1. The molecule has 40 heavy (non-hydrogen) atoms. The standard InChI is InChI=1S/C26H18BrClF7N3O2/c1-3-14-9-13(12-36)7-8-19(14)37-20-6-4-5-16(22(20)40-2)23(39)38-21-17(27)10-15(11-18(21)28)24(29,25(30,31)32)26(33,34)35/h4-11,37H,3H2,1-2H3,(H,38,39). The average Bonchev–Trinajstić information content (AvgIpc) is 2.88. The summed E-state index contributed by atoms with van der Waals surface area (Å²) in [6, 6.07) is 11.9. The summed E-state index contributed by atoms with van der Waals surface area (Å²) >= 11 is 8.71. The molecule has 0 aromatic heterocycles. The summed E-state index contributed by atoms with van der Waals surface area (Å²) in [4.78, 5) is 13.1. The van der Waals surface area contributed by atoms with Gasteiger partial charge in [-0.05, 0) is 70.4 Å². The summed E-state index contributed by atoms with van der Waals surface area (Å²) in [6.07, 6.45) is -12.1. The quantitative estimate of drug-likeness (QED) is 0.250. The third kappa shape index (κ3) is 5.83. The molecule has 0 aliphatic rings. The lowest BCUT2D eigenvalue weighted by molar-refractivity contribution is -0.348. The molecule has 1 amide bonds. The second-order valence-corrected chi connectivity index (χ2v) is 9.53. The zero-order valence-electron chi connectivity index (χ0n) is 20.5. The highest BCUT2D eigenvalue weighted by molar-refractivity contribution is 9.10. The molecule has 3 rings (SSSR count). The van der Waals surface area contributed by atoms with E-state index < -0.39 is 44.7 Å². The number of anilines is 3. The van der Waals surface area contributed by atoms with Crippen LogP contribution in [0.4, 0.5) is 47.8 Å². The van der Waals surface area contributed by atoms with Gasteiger partial charge in [-0.2, -0.15) is 31.6 Å². The molecule has 0 bridgehead atoms. The molecule has 0 saturated carbocycles. The van der Waals surface area contributed by atoms with Gasteiger partial charge in [0.1, 0.15) is 0 Å². The van der Waals surface area contributed by atoms with E-state index in [9.17, 15) is 35.5 Å². The van der Waals surface area contributed by atoms with Gasteiger partial charge in [0.05, 0.1) is 40.7 Å². The Bertz CT molecular complexity index is 1450. The van der Waals surface area contributed by atoms with Crippen molar-refractivity contribution in [1.82, 2.24) is 0 Å². The van der Waals surface area contributed by atoms with Crippen molar-refractivity contribution in [1.29, 1.82) is 5.26 Å². The number of amides is 1. The highest BCUT2D eigenvalue weighted by atomic mass is 79.9. The average molecular weight is 653 g/mol. The maximum Gasteiger partial charge on any atom is 0.435 e. The van der Waals surface area contributed by atoms with Gasteiger partial charge >= 0.3 is 18.0 Å². The largest absolute Gasteiger partial charge is 0.494 e. The van der Waals surface area contributed by atoms with E-state index in [2.05, 4.69) is 26.6 Å². The number of aryl methyl sites for hydroxylation is 1. The Morgan fingerprint density at radius 3 is 2.20 bits per heavy atom. The van der Waals surface area contributed by atoms with Crippen LogP contribution in [0.15, 0.2) is 53.0 Å². The molecule has 0 aliphatic carbocycles. The minimum absolute atomic E-state index is 0.0483. The van der Waals surface area contributed by atoms with Crippen LogP contribution in [0, 0.1) is 11.3 Å². The number of rotatable bonds is 7. The number of methoxy groups -OCH3 is 1. The molecule has 0 fully saturated rings. The first-order valence-electron chi connectivity index (χ1n) is 11.2. The highest BCUT2D eigenvalue weighted by Crippen LogP contribution is 2.54. The molecule has 0 heterocycles. The van der Waals surface area contributed by atoms with Gasteiger partial charge in [-0.15, -0.1) is 0 Å². The van der Waals surface area contributed by atoms with Crippen molar-refractivity contribution in [2.24, 2.45) is 0 Å². The van der Waals surface area contributed by atoms with Crippen molar-refractivity contribution < 1.29 is 40.3 Å². The fraction of sp³-hybridized carbons (Fsp3) is 0.231. The Morgan fingerprint density at radius 1 is 1.02 bits per heavy atom. The molecule has 5 nitrogen and oxygen atoms in total. The molecule has 0 atom stereocenters. The van der Waals surface area contributed by atoms with Gasteiger partial charge in [-0.1, -0.05) is 24.6 Å². The van der Waals surface area contributed by atoms with Crippen molar-refractivity contribution in [3.8, 4) is 11.8 Å². The molecule has 14 heteroatoms. The van der Waals surface area contributed by atoms with Gasteiger partial charge in [-0.3, -0.25) is 4.79 Å². The molecule has 3 aromatic carbocycles. The number of nitriles is 1. The zero-order chi connectivity index (χ0) is 30.0. The van der Waals surface area contributed by atoms with Crippen LogP contribution < -0.4 is 15.4 Å². The van der Waals surface area contributed by atoms with E-state index >= 15 is 0 Å². The van der Waals surface area contributed by atoms with Crippen LogP contribution in [0.1, 0.15) is 34.0 Å². The molecule has 3 aromatic rings. The number of nitrogens with zero attached hydrogens (tertiary/aromatic N) is 1. The van der Waals surface area contributed by atoms with Crippen LogP contribution in [-0.4, -0.2) is 25.4 Å². The van der Waals surface area contributed by atoms with Crippen LogP contribution in [0.3, 0.4) is 0 Å². The SMILES string of the molecule is CCc1cc(C#N)ccc1Nc1cccc(C(=O)Nc2c(Cl)cc(C(F)(C(F)(F)F)C(F)(F)F)cc2Br)c1OC. The van der Waals surface area contributed by atoms with Crippen LogP contribution >= 0.6 is 27.5 Å². The van der Waals surface area contributed by atoms with Crippen LogP contribution in [0.2, 0.25) is 5.02 Å². The molecular weight excluding hydrogens is 635 g/mol. The molecular formula is C26H18BrClF7N3O2. The van der Waals surface area contributed by atoms with Crippen molar-refractivity contribution >= 4 is 50.5 Å². The highest BCUT2D eigenvalue weighted by Gasteiger charge is 2.73. The number of para-hydroxylation sites is 1. The summed E-state index contributed by atoms with van der Waals surface area (Å²) in [6.45, 7) is 1.88. The van der Waals surface area contributed by atoms with Crippen molar-refractivity contribution in [2.45, 2.75) is 31.4 Å². The maximum absolute atomic E-state index is 14.5. The minimum atomic E-state index is -6.34. The number of halogens is 9. The van der Waals surface area contributed by atoms with Crippen LogP contribution in [-0.2, 0) is 12.1 Å². The van der Waals surface area contributed by atoms with E-state index in [1.54, 1.807) is 24.3 Å². The lowest BCUT2D eigenvalue weighted by atomic mass is 9.94. The van der Waals surface area contributed by atoms with E-state index in [0.29, 0.717) is 23.4 Å². The first kappa shape index (κ1) is 31.0. The predicted molar refractivity (Wildman–Crippen MR) is 139 cm³/mol. The van der Waals surface area contributed by atoms with Gasteiger partial charge < -0.3 is 15.4 Å². The van der Waals surface area contributed by atoms with Crippen molar-refractivity contribution in [2.75, 3.05) is 17.7 Å².